The summed E-state index contributed by atoms with van der Waals surface area (Å²) in [6.45, 7) is 1.56. The molecule has 0 fully saturated rings. The van der Waals surface area contributed by atoms with E-state index in [2.05, 4.69) is 0 Å². The Balaban J connectivity index is 2.36. The number of carboxylic acid groups (broad SMARTS) is 1. The second-order valence-corrected chi connectivity index (χ2v) is 4.52. The van der Waals surface area contributed by atoms with E-state index in [4.69, 9.17) is 9.84 Å². The van der Waals surface area contributed by atoms with Gasteiger partial charge in [0.05, 0.1) is 18.7 Å². The van der Waals surface area contributed by atoms with Crippen LogP contribution in [0.15, 0.2) is 24.3 Å². The summed E-state index contributed by atoms with van der Waals surface area (Å²) < 4.78 is 42.1. The fourth-order valence-corrected chi connectivity index (χ4v) is 1.80. The van der Waals surface area contributed by atoms with E-state index in [9.17, 15) is 18.0 Å². The monoisotopic (exact) mass is 305 g/mol. The molecule has 0 atom stereocenters. The lowest BCUT2D eigenvalue weighted by molar-refractivity contribution is -0.145. The number of halogens is 3. The van der Waals surface area contributed by atoms with Gasteiger partial charge in [-0.3, -0.25) is 4.90 Å². The summed E-state index contributed by atoms with van der Waals surface area (Å²) >= 11 is 0. The molecule has 0 amide bonds. The molecule has 0 aliphatic heterocycles. The first-order valence-electron chi connectivity index (χ1n) is 6.57. The van der Waals surface area contributed by atoms with Crippen molar-refractivity contribution in [2.24, 2.45) is 0 Å². The number of aromatic carboxylic acids is 1. The highest BCUT2D eigenvalue weighted by Gasteiger charge is 2.29. The first kappa shape index (κ1) is 17.3. The summed E-state index contributed by atoms with van der Waals surface area (Å²) in [5.74, 6) is -0.656. The van der Waals surface area contributed by atoms with E-state index in [0.717, 1.165) is 0 Å². The van der Waals surface area contributed by atoms with Gasteiger partial charge in [0, 0.05) is 6.54 Å². The quantitative estimate of drug-likeness (QED) is 0.750. The predicted molar refractivity (Wildman–Crippen MR) is 71.7 cm³/mol. The van der Waals surface area contributed by atoms with Gasteiger partial charge >= 0.3 is 12.1 Å². The molecular weight excluding hydrogens is 287 g/mol. The van der Waals surface area contributed by atoms with Gasteiger partial charge in [-0.05, 0) is 31.2 Å². The Labute approximate surface area is 121 Å². The largest absolute Gasteiger partial charge is 0.494 e. The Bertz CT molecular complexity index is 463. The predicted octanol–water partition coefficient (Wildman–Crippen LogP) is 3.04. The SMILES string of the molecule is CCN(CCCOc1cccc(C(=O)O)c1)CC(F)(F)F. The Morgan fingerprint density at radius 3 is 2.67 bits per heavy atom. The number of hydrogen-bond acceptors (Lipinski definition) is 3. The van der Waals surface area contributed by atoms with E-state index in [1.54, 1.807) is 19.1 Å². The van der Waals surface area contributed by atoms with Crippen molar-refractivity contribution in [2.45, 2.75) is 19.5 Å². The van der Waals surface area contributed by atoms with Gasteiger partial charge in [0.15, 0.2) is 0 Å². The van der Waals surface area contributed by atoms with E-state index >= 15 is 0 Å². The van der Waals surface area contributed by atoms with E-state index in [1.165, 1.54) is 17.0 Å². The number of carboxylic acids is 1. The highest BCUT2D eigenvalue weighted by Crippen LogP contribution is 2.17. The third-order valence-electron chi connectivity index (χ3n) is 2.82. The van der Waals surface area contributed by atoms with Gasteiger partial charge in [-0.1, -0.05) is 13.0 Å². The standard InChI is InChI=1S/C14H18F3NO3/c1-2-18(10-14(15,16)17)7-4-8-21-12-6-3-5-11(9-12)13(19)20/h3,5-6,9H,2,4,7-8,10H2,1H3,(H,19,20). The van der Waals surface area contributed by atoms with Crippen molar-refractivity contribution in [1.82, 2.24) is 4.90 Å². The number of alkyl halides is 3. The van der Waals surface area contributed by atoms with Crippen LogP contribution >= 0.6 is 0 Å². The van der Waals surface area contributed by atoms with E-state index in [-0.39, 0.29) is 18.7 Å². The second-order valence-electron chi connectivity index (χ2n) is 4.52. The molecule has 0 radical (unpaired) electrons. The molecule has 0 saturated heterocycles. The molecule has 0 aliphatic carbocycles. The molecule has 1 N–H and O–H groups in total. The van der Waals surface area contributed by atoms with Crippen molar-refractivity contribution >= 4 is 5.97 Å². The third-order valence-corrected chi connectivity index (χ3v) is 2.82. The first-order chi connectivity index (χ1) is 9.81. The van der Waals surface area contributed by atoms with Crippen LogP contribution in [0.2, 0.25) is 0 Å². The molecule has 0 aromatic heterocycles. The highest BCUT2D eigenvalue weighted by molar-refractivity contribution is 5.87. The topological polar surface area (TPSA) is 49.8 Å². The summed E-state index contributed by atoms with van der Waals surface area (Å²) in [6.07, 6.45) is -3.77. The highest BCUT2D eigenvalue weighted by atomic mass is 19.4. The minimum Gasteiger partial charge on any atom is -0.494 e. The van der Waals surface area contributed by atoms with Gasteiger partial charge in [-0.15, -0.1) is 0 Å². The molecule has 1 aromatic carbocycles. The summed E-state index contributed by atoms with van der Waals surface area (Å²) in [7, 11) is 0. The van der Waals surface area contributed by atoms with Crippen LogP contribution in [0.4, 0.5) is 13.2 Å². The summed E-state index contributed by atoms with van der Waals surface area (Å²) in [5.41, 5.74) is 0.111. The zero-order chi connectivity index (χ0) is 15.9. The van der Waals surface area contributed by atoms with Crippen LogP contribution in [-0.2, 0) is 0 Å². The molecule has 0 saturated carbocycles. The first-order valence-corrected chi connectivity index (χ1v) is 6.57. The maximum Gasteiger partial charge on any atom is 0.401 e. The van der Waals surface area contributed by atoms with Gasteiger partial charge in [0.1, 0.15) is 5.75 Å². The lowest BCUT2D eigenvalue weighted by Gasteiger charge is -2.21. The van der Waals surface area contributed by atoms with E-state index < -0.39 is 18.7 Å². The lowest BCUT2D eigenvalue weighted by Crippen LogP contribution is -2.35. The molecule has 0 aliphatic rings. The Morgan fingerprint density at radius 2 is 2.10 bits per heavy atom. The Hall–Kier alpha value is -1.76. The zero-order valence-corrected chi connectivity index (χ0v) is 11.7. The smallest absolute Gasteiger partial charge is 0.401 e. The van der Waals surface area contributed by atoms with Gasteiger partial charge < -0.3 is 9.84 Å². The van der Waals surface area contributed by atoms with Crippen molar-refractivity contribution in [2.75, 3.05) is 26.2 Å². The van der Waals surface area contributed by atoms with Gasteiger partial charge in [0.2, 0.25) is 0 Å². The molecule has 4 nitrogen and oxygen atoms in total. The number of ether oxygens (including phenoxy) is 1. The summed E-state index contributed by atoms with van der Waals surface area (Å²) in [4.78, 5) is 12.1. The summed E-state index contributed by atoms with van der Waals surface area (Å²) in [5, 5.41) is 8.82. The lowest BCUT2D eigenvalue weighted by atomic mass is 10.2. The average molecular weight is 305 g/mol. The summed E-state index contributed by atoms with van der Waals surface area (Å²) in [6, 6.07) is 5.99. The zero-order valence-electron chi connectivity index (χ0n) is 11.7. The van der Waals surface area contributed by atoms with Gasteiger partial charge in [-0.2, -0.15) is 13.2 Å². The normalized spacial score (nSPS) is 11.7. The number of carbonyl (C=O) groups is 1. The Morgan fingerprint density at radius 1 is 1.38 bits per heavy atom. The third kappa shape index (κ3) is 6.99. The fourth-order valence-electron chi connectivity index (χ4n) is 1.80. The molecule has 1 aromatic rings. The number of hydrogen-bond donors (Lipinski definition) is 1. The minimum atomic E-state index is -4.20. The molecule has 0 heterocycles. The van der Waals surface area contributed by atoms with Gasteiger partial charge in [-0.25, -0.2) is 4.79 Å². The van der Waals surface area contributed by atoms with Crippen LogP contribution in [0.1, 0.15) is 23.7 Å². The van der Waals surface area contributed by atoms with Crippen LogP contribution in [0, 0.1) is 0 Å². The minimum absolute atomic E-state index is 0.111. The van der Waals surface area contributed by atoms with Crippen LogP contribution in [0.5, 0.6) is 5.75 Å². The average Bonchev–Trinajstić information content (AvgIpc) is 2.41. The second kappa shape index (κ2) is 7.87. The number of rotatable bonds is 8. The van der Waals surface area contributed by atoms with E-state index in [0.29, 0.717) is 18.7 Å². The van der Waals surface area contributed by atoms with Crippen LogP contribution in [0.3, 0.4) is 0 Å². The van der Waals surface area contributed by atoms with Crippen molar-refractivity contribution in [3.8, 4) is 5.75 Å². The molecule has 0 unspecified atom stereocenters. The molecule has 1 rings (SSSR count). The molecule has 0 spiro atoms. The Kier molecular flexibility index (Phi) is 6.48. The van der Waals surface area contributed by atoms with Crippen molar-refractivity contribution in [1.29, 1.82) is 0 Å². The molecule has 118 valence electrons. The molecular formula is C14H18F3NO3. The number of benzene rings is 1. The molecule has 0 bridgehead atoms. The van der Waals surface area contributed by atoms with Crippen LogP contribution < -0.4 is 4.74 Å². The fraction of sp³-hybridized carbons (Fsp3) is 0.500. The number of nitrogens with zero attached hydrogens (tertiary/aromatic N) is 1. The maximum atomic E-state index is 12.3. The molecule has 21 heavy (non-hydrogen) atoms. The van der Waals surface area contributed by atoms with Crippen LogP contribution in [-0.4, -0.2) is 48.4 Å². The molecule has 7 heteroatoms. The maximum absolute atomic E-state index is 12.3. The van der Waals surface area contributed by atoms with Gasteiger partial charge in [0.25, 0.3) is 0 Å². The van der Waals surface area contributed by atoms with Crippen molar-refractivity contribution in [3.63, 3.8) is 0 Å². The van der Waals surface area contributed by atoms with Crippen LogP contribution in [0.25, 0.3) is 0 Å². The van der Waals surface area contributed by atoms with Crippen molar-refractivity contribution in [3.05, 3.63) is 29.8 Å². The van der Waals surface area contributed by atoms with E-state index in [1.807, 2.05) is 0 Å². The van der Waals surface area contributed by atoms with Crippen molar-refractivity contribution < 1.29 is 27.8 Å².